The van der Waals surface area contributed by atoms with Gasteiger partial charge in [-0.3, -0.25) is 0 Å². The van der Waals surface area contributed by atoms with E-state index in [1.807, 2.05) is 12.1 Å². The number of benzene rings is 1. The summed E-state index contributed by atoms with van der Waals surface area (Å²) in [4.78, 5) is 0. The second-order valence-electron chi connectivity index (χ2n) is 3.37. The molecule has 80 valence electrons. The van der Waals surface area contributed by atoms with Crippen molar-refractivity contribution >= 4 is 0 Å². The van der Waals surface area contributed by atoms with Gasteiger partial charge < -0.3 is 10.2 Å². The van der Waals surface area contributed by atoms with Crippen LogP contribution in [0.15, 0.2) is 24.3 Å². The molecule has 0 fully saturated rings. The summed E-state index contributed by atoms with van der Waals surface area (Å²) in [5.41, 5.74) is 2.30. The van der Waals surface area contributed by atoms with Crippen molar-refractivity contribution in [3.05, 3.63) is 35.4 Å². The Kier molecular flexibility index (Phi) is 7.07. The number of aliphatic hydroxyl groups is 2. The molecule has 0 bridgehead atoms. The molecule has 0 unspecified atom stereocenters. The van der Waals surface area contributed by atoms with Crippen molar-refractivity contribution in [2.75, 3.05) is 6.61 Å². The number of hydrogen-bond acceptors (Lipinski definition) is 2. The van der Waals surface area contributed by atoms with Crippen molar-refractivity contribution in [1.82, 2.24) is 0 Å². The van der Waals surface area contributed by atoms with E-state index < -0.39 is 0 Å². The average Bonchev–Trinajstić information content (AvgIpc) is 2.19. The first-order valence-electron chi connectivity index (χ1n) is 4.96. The first-order valence-corrected chi connectivity index (χ1v) is 4.96. The molecule has 0 heterocycles. The number of rotatable bonds is 2. The molecular formula is C12H20O2. The smallest absolute Gasteiger partial charge is 0.0681 e. The van der Waals surface area contributed by atoms with Crippen LogP contribution in [0.5, 0.6) is 0 Å². The molecule has 2 heteroatoms. The van der Waals surface area contributed by atoms with Crippen LogP contribution in [0.4, 0.5) is 0 Å². The molecule has 0 spiro atoms. The maximum Gasteiger partial charge on any atom is 0.0681 e. The molecule has 1 aromatic carbocycles. The minimum atomic E-state index is 0.137. The predicted molar refractivity (Wildman–Crippen MR) is 59.2 cm³/mol. The lowest BCUT2D eigenvalue weighted by atomic mass is 10.0. The molecule has 0 atom stereocenters. The minimum Gasteiger partial charge on any atom is -0.397 e. The van der Waals surface area contributed by atoms with Gasteiger partial charge in [-0.25, -0.2) is 0 Å². The van der Waals surface area contributed by atoms with Gasteiger partial charge >= 0.3 is 0 Å². The molecule has 0 radical (unpaired) electrons. The molecule has 0 saturated heterocycles. The molecule has 0 aliphatic carbocycles. The first kappa shape index (κ1) is 13.1. The summed E-state index contributed by atoms with van der Waals surface area (Å²) in [5.74, 6) is 0.572. The summed E-state index contributed by atoms with van der Waals surface area (Å²) < 4.78 is 0. The van der Waals surface area contributed by atoms with E-state index >= 15 is 0 Å². The van der Waals surface area contributed by atoms with E-state index in [4.69, 9.17) is 10.2 Å². The van der Waals surface area contributed by atoms with Gasteiger partial charge in [-0.1, -0.05) is 38.1 Å². The summed E-state index contributed by atoms with van der Waals surface area (Å²) in [6.45, 7) is 6.39. The predicted octanol–water partition coefficient (Wildman–Crippen LogP) is 2.30. The van der Waals surface area contributed by atoms with Gasteiger partial charge in [0.1, 0.15) is 0 Å². The fourth-order valence-corrected chi connectivity index (χ4v) is 1.01. The number of aliphatic hydroxyl groups excluding tert-OH is 2. The second kappa shape index (κ2) is 7.54. The topological polar surface area (TPSA) is 40.5 Å². The summed E-state index contributed by atoms with van der Waals surface area (Å²) in [6.07, 6.45) is 0. The molecule has 0 amide bonds. The quantitative estimate of drug-likeness (QED) is 0.762. The maximum atomic E-state index is 8.77. The highest BCUT2D eigenvalue weighted by atomic mass is 16.3. The molecule has 1 rings (SSSR count). The van der Waals surface area contributed by atoms with E-state index in [9.17, 15) is 0 Å². The van der Waals surface area contributed by atoms with Gasteiger partial charge in [0.15, 0.2) is 0 Å². The van der Waals surface area contributed by atoms with Gasteiger partial charge in [0.05, 0.1) is 6.61 Å². The van der Waals surface area contributed by atoms with Crippen LogP contribution in [-0.4, -0.2) is 16.8 Å². The standard InChI is InChI=1S/C10H14O.C2H6O/c1-8(2)10-5-3-9(7-11)4-6-10;1-2-3/h3-6,8,11H,7H2,1-2H3;3H,2H2,1H3. The van der Waals surface area contributed by atoms with Gasteiger partial charge in [-0.15, -0.1) is 0 Å². The zero-order chi connectivity index (χ0) is 11.0. The van der Waals surface area contributed by atoms with Crippen molar-refractivity contribution in [1.29, 1.82) is 0 Å². The van der Waals surface area contributed by atoms with E-state index in [-0.39, 0.29) is 13.2 Å². The highest BCUT2D eigenvalue weighted by Crippen LogP contribution is 2.14. The fraction of sp³-hybridized carbons (Fsp3) is 0.500. The molecule has 1 aromatic rings. The van der Waals surface area contributed by atoms with Crippen molar-refractivity contribution in [2.45, 2.75) is 33.3 Å². The molecule has 0 aromatic heterocycles. The van der Waals surface area contributed by atoms with Crippen LogP contribution in [0.1, 0.15) is 37.8 Å². The Bertz CT molecular complexity index is 227. The Morgan fingerprint density at radius 1 is 1.07 bits per heavy atom. The van der Waals surface area contributed by atoms with Crippen LogP contribution in [0.25, 0.3) is 0 Å². The van der Waals surface area contributed by atoms with Gasteiger partial charge in [-0.05, 0) is 24.0 Å². The zero-order valence-corrected chi connectivity index (χ0v) is 9.20. The summed E-state index contributed by atoms with van der Waals surface area (Å²) in [7, 11) is 0. The van der Waals surface area contributed by atoms with Crippen LogP contribution in [-0.2, 0) is 6.61 Å². The zero-order valence-electron chi connectivity index (χ0n) is 9.20. The lowest BCUT2D eigenvalue weighted by Crippen LogP contribution is -1.88. The Morgan fingerprint density at radius 2 is 1.50 bits per heavy atom. The third-order valence-corrected chi connectivity index (χ3v) is 1.83. The summed E-state index contributed by atoms with van der Waals surface area (Å²) >= 11 is 0. The summed E-state index contributed by atoms with van der Waals surface area (Å²) in [6, 6.07) is 8.07. The van der Waals surface area contributed by atoms with Crippen LogP contribution < -0.4 is 0 Å². The van der Waals surface area contributed by atoms with Crippen LogP contribution in [0.3, 0.4) is 0 Å². The second-order valence-corrected chi connectivity index (χ2v) is 3.37. The van der Waals surface area contributed by atoms with Crippen LogP contribution in [0.2, 0.25) is 0 Å². The van der Waals surface area contributed by atoms with E-state index in [1.165, 1.54) is 5.56 Å². The van der Waals surface area contributed by atoms with Gasteiger partial charge in [-0.2, -0.15) is 0 Å². The van der Waals surface area contributed by atoms with Crippen molar-refractivity contribution in [3.63, 3.8) is 0 Å². The highest BCUT2D eigenvalue weighted by Gasteiger charge is 1.97. The van der Waals surface area contributed by atoms with Crippen molar-refractivity contribution < 1.29 is 10.2 Å². The fourth-order valence-electron chi connectivity index (χ4n) is 1.01. The Balaban J connectivity index is 0.000000500. The van der Waals surface area contributed by atoms with Gasteiger partial charge in [0.25, 0.3) is 0 Å². The largest absolute Gasteiger partial charge is 0.397 e. The summed E-state index contributed by atoms with van der Waals surface area (Å²) in [5, 5.41) is 16.3. The average molecular weight is 196 g/mol. The Labute approximate surface area is 86.2 Å². The normalized spacial score (nSPS) is 9.57. The minimum absolute atomic E-state index is 0.137. The third kappa shape index (κ3) is 5.00. The third-order valence-electron chi connectivity index (χ3n) is 1.83. The first-order chi connectivity index (χ1) is 6.65. The van der Waals surface area contributed by atoms with E-state index in [0.29, 0.717) is 5.92 Å². The van der Waals surface area contributed by atoms with Crippen molar-refractivity contribution in [2.24, 2.45) is 0 Å². The number of hydrogen-bond donors (Lipinski definition) is 2. The molecule has 14 heavy (non-hydrogen) atoms. The van der Waals surface area contributed by atoms with E-state index in [0.717, 1.165) is 5.56 Å². The lowest BCUT2D eigenvalue weighted by Gasteiger charge is -2.04. The molecule has 2 nitrogen and oxygen atoms in total. The monoisotopic (exact) mass is 196 g/mol. The maximum absolute atomic E-state index is 8.77. The van der Waals surface area contributed by atoms with Crippen LogP contribution in [0, 0.1) is 0 Å². The van der Waals surface area contributed by atoms with E-state index in [1.54, 1.807) is 6.92 Å². The lowest BCUT2D eigenvalue weighted by molar-refractivity contribution is 0.282. The molecule has 2 N–H and O–H groups in total. The molecule has 0 saturated carbocycles. The SMILES string of the molecule is CC(C)c1ccc(CO)cc1.CCO. The Hall–Kier alpha value is -0.860. The van der Waals surface area contributed by atoms with E-state index in [2.05, 4.69) is 26.0 Å². The molecular weight excluding hydrogens is 176 g/mol. The molecule has 0 aliphatic heterocycles. The van der Waals surface area contributed by atoms with Gasteiger partial charge in [0, 0.05) is 6.61 Å². The highest BCUT2D eigenvalue weighted by molar-refractivity contribution is 5.23. The van der Waals surface area contributed by atoms with Crippen LogP contribution >= 0.6 is 0 Å². The van der Waals surface area contributed by atoms with Crippen molar-refractivity contribution in [3.8, 4) is 0 Å². The van der Waals surface area contributed by atoms with Gasteiger partial charge in [0.2, 0.25) is 0 Å². The Morgan fingerprint density at radius 3 is 1.79 bits per heavy atom. The molecule has 0 aliphatic rings.